The van der Waals surface area contributed by atoms with Gasteiger partial charge in [0.05, 0.1) is 6.61 Å². The summed E-state index contributed by atoms with van der Waals surface area (Å²) in [6.07, 6.45) is 13.1. The third-order valence-corrected chi connectivity index (χ3v) is 3.85. The van der Waals surface area contributed by atoms with Crippen molar-refractivity contribution in [1.29, 1.82) is 0 Å². The van der Waals surface area contributed by atoms with Gasteiger partial charge in [0.25, 0.3) is 0 Å². The third-order valence-electron chi connectivity index (χ3n) is 3.85. The molecule has 1 N–H and O–H groups in total. The van der Waals surface area contributed by atoms with Gasteiger partial charge in [-0.3, -0.25) is 0 Å². The Kier molecular flexibility index (Phi) is 8.37. The standard InChI is InChI=1S/C15H29NO/c1-3-14-8-4-5-9-15(14)10-6-7-11-16-12-13-17-2/h6,10,14-16H,3-5,7-9,11-13H2,1-2H3/b10-6+. The van der Waals surface area contributed by atoms with E-state index in [1.807, 2.05) is 0 Å². The van der Waals surface area contributed by atoms with Gasteiger partial charge in [-0.15, -0.1) is 0 Å². The molecule has 0 saturated heterocycles. The molecular weight excluding hydrogens is 210 g/mol. The number of hydrogen-bond donors (Lipinski definition) is 1. The fraction of sp³-hybridized carbons (Fsp3) is 0.867. The summed E-state index contributed by atoms with van der Waals surface area (Å²) < 4.78 is 4.99. The summed E-state index contributed by atoms with van der Waals surface area (Å²) in [5.41, 5.74) is 0. The van der Waals surface area contributed by atoms with Crippen LogP contribution >= 0.6 is 0 Å². The van der Waals surface area contributed by atoms with Crippen molar-refractivity contribution in [2.75, 3.05) is 26.8 Å². The second-order valence-electron chi connectivity index (χ2n) is 5.08. The van der Waals surface area contributed by atoms with Crippen molar-refractivity contribution in [1.82, 2.24) is 5.32 Å². The van der Waals surface area contributed by atoms with Gasteiger partial charge in [0.15, 0.2) is 0 Å². The molecule has 0 radical (unpaired) electrons. The first-order valence-electron chi connectivity index (χ1n) is 7.24. The van der Waals surface area contributed by atoms with Gasteiger partial charge < -0.3 is 10.1 Å². The largest absolute Gasteiger partial charge is 0.383 e. The number of methoxy groups -OCH3 is 1. The zero-order valence-electron chi connectivity index (χ0n) is 11.6. The summed E-state index contributed by atoms with van der Waals surface area (Å²) in [5, 5.41) is 3.37. The molecule has 0 heterocycles. The molecule has 1 saturated carbocycles. The van der Waals surface area contributed by atoms with Gasteiger partial charge in [-0.2, -0.15) is 0 Å². The predicted octanol–water partition coefficient (Wildman–Crippen LogP) is 3.39. The van der Waals surface area contributed by atoms with Gasteiger partial charge in [0, 0.05) is 13.7 Å². The Bertz CT molecular complexity index is 203. The van der Waals surface area contributed by atoms with E-state index in [1.54, 1.807) is 7.11 Å². The highest BCUT2D eigenvalue weighted by atomic mass is 16.5. The predicted molar refractivity (Wildman–Crippen MR) is 74.2 cm³/mol. The lowest BCUT2D eigenvalue weighted by Gasteiger charge is -2.28. The lowest BCUT2D eigenvalue weighted by Crippen LogP contribution is -2.20. The van der Waals surface area contributed by atoms with Crippen LogP contribution in [-0.2, 0) is 4.74 Å². The molecule has 2 atom stereocenters. The van der Waals surface area contributed by atoms with E-state index in [0.29, 0.717) is 0 Å². The van der Waals surface area contributed by atoms with E-state index in [9.17, 15) is 0 Å². The lowest BCUT2D eigenvalue weighted by molar-refractivity contribution is 0.199. The molecule has 100 valence electrons. The van der Waals surface area contributed by atoms with Crippen molar-refractivity contribution in [2.24, 2.45) is 11.8 Å². The Hall–Kier alpha value is -0.340. The average molecular weight is 239 g/mol. The van der Waals surface area contributed by atoms with Gasteiger partial charge in [-0.1, -0.05) is 38.3 Å². The molecule has 1 aliphatic rings. The van der Waals surface area contributed by atoms with Crippen LogP contribution in [0.2, 0.25) is 0 Å². The van der Waals surface area contributed by atoms with Crippen LogP contribution in [0.4, 0.5) is 0 Å². The van der Waals surface area contributed by atoms with Gasteiger partial charge in [0.1, 0.15) is 0 Å². The van der Waals surface area contributed by atoms with Crippen LogP contribution in [0.25, 0.3) is 0 Å². The number of allylic oxidation sites excluding steroid dienone is 1. The molecule has 0 aromatic carbocycles. The molecule has 2 heteroatoms. The number of hydrogen-bond acceptors (Lipinski definition) is 2. The van der Waals surface area contributed by atoms with E-state index in [-0.39, 0.29) is 0 Å². The minimum absolute atomic E-state index is 0.810. The quantitative estimate of drug-likeness (QED) is 0.518. The summed E-state index contributed by atoms with van der Waals surface area (Å²) in [5.74, 6) is 1.80. The highest BCUT2D eigenvalue weighted by Gasteiger charge is 2.20. The van der Waals surface area contributed by atoms with Crippen LogP contribution < -0.4 is 5.32 Å². The monoisotopic (exact) mass is 239 g/mol. The highest BCUT2D eigenvalue weighted by Crippen LogP contribution is 2.32. The molecule has 2 nitrogen and oxygen atoms in total. The van der Waals surface area contributed by atoms with Gasteiger partial charge in [-0.25, -0.2) is 0 Å². The fourth-order valence-electron chi connectivity index (χ4n) is 2.75. The molecule has 1 fully saturated rings. The van der Waals surface area contributed by atoms with Crippen LogP contribution in [0.5, 0.6) is 0 Å². The smallest absolute Gasteiger partial charge is 0.0587 e. The van der Waals surface area contributed by atoms with Crippen LogP contribution in [0.15, 0.2) is 12.2 Å². The first kappa shape index (κ1) is 14.7. The Morgan fingerprint density at radius 1 is 1.24 bits per heavy atom. The van der Waals surface area contributed by atoms with Crippen LogP contribution in [-0.4, -0.2) is 26.8 Å². The van der Waals surface area contributed by atoms with Crippen molar-refractivity contribution in [3.8, 4) is 0 Å². The van der Waals surface area contributed by atoms with Crippen LogP contribution in [0.3, 0.4) is 0 Å². The van der Waals surface area contributed by atoms with Crippen molar-refractivity contribution in [3.05, 3.63) is 12.2 Å². The zero-order valence-corrected chi connectivity index (χ0v) is 11.6. The Labute approximate surface area is 107 Å². The molecule has 0 aromatic heterocycles. The molecule has 0 spiro atoms. The van der Waals surface area contributed by atoms with E-state index in [0.717, 1.165) is 38.0 Å². The van der Waals surface area contributed by atoms with Crippen molar-refractivity contribution < 1.29 is 4.74 Å². The maximum absolute atomic E-state index is 4.99. The van der Waals surface area contributed by atoms with Gasteiger partial charge >= 0.3 is 0 Å². The summed E-state index contributed by atoms with van der Waals surface area (Å²) in [6, 6.07) is 0. The first-order valence-corrected chi connectivity index (χ1v) is 7.24. The molecule has 1 aliphatic carbocycles. The molecule has 1 rings (SSSR count). The minimum Gasteiger partial charge on any atom is -0.383 e. The summed E-state index contributed by atoms with van der Waals surface area (Å²) in [6.45, 7) is 5.18. The van der Waals surface area contributed by atoms with E-state index in [2.05, 4.69) is 24.4 Å². The average Bonchev–Trinajstić information content (AvgIpc) is 2.38. The molecule has 0 aliphatic heterocycles. The number of ether oxygens (including phenoxy) is 1. The topological polar surface area (TPSA) is 21.3 Å². The third kappa shape index (κ3) is 6.23. The highest BCUT2D eigenvalue weighted by molar-refractivity contribution is 4.93. The first-order chi connectivity index (χ1) is 8.38. The second kappa shape index (κ2) is 9.67. The maximum atomic E-state index is 4.99. The van der Waals surface area contributed by atoms with Crippen molar-refractivity contribution in [2.45, 2.75) is 45.4 Å². The number of nitrogens with one attached hydrogen (secondary N) is 1. The van der Waals surface area contributed by atoms with Crippen molar-refractivity contribution in [3.63, 3.8) is 0 Å². The van der Waals surface area contributed by atoms with E-state index in [1.165, 1.54) is 32.1 Å². The maximum Gasteiger partial charge on any atom is 0.0587 e. The van der Waals surface area contributed by atoms with E-state index < -0.39 is 0 Å². The van der Waals surface area contributed by atoms with Crippen molar-refractivity contribution >= 4 is 0 Å². The van der Waals surface area contributed by atoms with Crippen LogP contribution in [0.1, 0.15) is 45.4 Å². The van der Waals surface area contributed by atoms with Crippen LogP contribution in [0, 0.1) is 11.8 Å². The lowest BCUT2D eigenvalue weighted by atomic mass is 9.77. The molecule has 0 bridgehead atoms. The molecule has 17 heavy (non-hydrogen) atoms. The number of rotatable bonds is 8. The van der Waals surface area contributed by atoms with E-state index >= 15 is 0 Å². The summed E-state index contributed by atoms with van der Waals surface area (Å²) >= 11 is 0. The Balaban J connectivity index is 2.09. The molecule has 0 aromatic rings. The second-order valence-corrected chi connectivity index (χ2v) is 5.08. The molecule has 2 unspecified atom stereocenters. The fourth-order valence-corrected chi connectivity index (χ4v) is 2.75. The van der Waals surface area contributed by atoms with Gasteiger partial charge in [-0.05, 0) is 37.6 Å². The SMILES string of the molecule is CCC1CCCCC1/C=C/CCNCCOC. The zero-order chi connectivity index (χ0) is 12.3. The summed E-state index contributed by atoms with van der Waals surface area (Å²) in [4.78, 5) is 0. The summed E-state index contributed by atoms with van der Waals surface area (Å²) in [7, 11) is 1.75. The molecule has 0 amide bonds. The molecular formula is C15H29NO. The van der Waals surface area contributed by atoms with E-state index in [4.69, 9.17) is 4.74 Å². The minimum atomic E-state index is 0.810. The van der Waals surface area contributed by atoms with Gasteiger partial charge in [0.2, 0.25) is 0 Å². The Morgan fingerprint density at radius 2 is 2.06 bits per heavy atom. The Morgan fingerprint density at radius 3 is 2.82 bits per heavy atom. The normalized spacial score (nSPS) is 25.5.